The molecule has 0 radical (unpaired) electrons. The molecule has 1 aromatic rings. The molecule has 0 aromatic heterocycles. The van der Waals surface area contributed by atoms with Gasteiger partial charge in [0.05, 0.1) is 6.04 Å². The number of aldehydes is 1. The maximum Gasteiger partial charge on any atom is 0.451 e. The van der Waals surface area contributed by atoms with E-state index in [1.165, 1.54) is 0 Å². The van der Waals surface area contributed by atoms with E-state index in [0.29, 0.717) is 38.7 Å². The molecule has 1 aliphatic heterocycles. The third-order valence-electron chi connectivity index (χ3n) is 4.94. The normalized spacial score (nSPS) is 21.2. The van der Waals surface area contributed by atoms with E-state index < -0.39 is 7.12 Å². The Morgan fingerprint density at radius 2 is 2.08 bits per heavy atom. The fourth-order valence-electron chi connectivity index (χ4n) is 3.48. The van der Waals surface area contributed by atoms with E-state index in [4.69, 9.17) is 10.0 Å². The first-order valence-electron chi connectivity index (χ1n) is 8.86. The van der Waals surface area contributed by atoms with Crippen molar-refractivity contribution in [1.82, 2.24) is 10.2 Å². The molecular formula is C18H27BN2O4. The first-order chi connectivity index (χ1) is 12.0. The summed E-state index contributed by atoms with van der Waals surface area (Å²) >= 11 is 0. The molecule has 7 heteroatoms. The van der Waals surface area contributed by atoms with Gasteiger partial charge < -0.3 is 25.1 Å². The van der Waals surface area contributed by atoms with Crippen LogP contribution in [0, 0.1) is 11.8 Å². The highest BCUT2D eigenvalue weighted by molar-refractivity contribution is 6.40. The molecule has 25 heavy (non-hydrogen) atoms. The molecule has 3 N–H and O–H groups in total. The number of rotatable bonds is 9. The Hall–Kier alpha value is -1.70. The van der Waals surface area contributed by atoms with Crippen LogP contribution < -0.4 is 5.32 Å². The van der Waals surface area contributed by atoms with Crippen LogP contribution in [0.1, 0.15) is 18.4 Å². The van der Waals surface area contributed by atoms with Gasteiger partial charge in [0, 0.05) is 19.0 Å². The Balaban J connectivity index is 1.94. The highest BCUT2D eigenvalue weighted by Crippen LogP contribution is 2.27. The van der Waals surface area contributed by atoms with Gasteiger partial charge in [0.15, 0.2) is 0 Å². The Labute approximate surface area is 149 Å². The van der Waals surface area contributed by atoms with E-state index in [2.05, 4.69) is 5.32 Å². The van der Waals surface area contributed by atoms with E-state index >= 15 is 0 Å². The average molecular weight is 346 g/mol. The molecule has 1 saturated heterocycles. The van der Waals surface area contributed by atoms with Crippen LogP contribution in [-0.4, -0.2) is 60.4 Å². The summed E-state index contributed by atoms with van der Waals surface area (Å²) in [5.41, 5.74) is 1.09. The second-order valence-corrected chi connectivity index (χ2v) is 6.75. The van der Waals surface area contributed by atoms with Gasteiger partial charge >= 0.3 is 7.12 Å². The predicted molar refractivity (Wildman–Crippen MR) is 96.9 cm³/mol. The summed E-state index contributed by atoms with van der Waals surface area (Å²) in [5.74, 6) is -0.0636. The summed E-state index contributed by atoms with van der Waals surface area (Å²) < 4.78 is 0. The van der Waals surface area contributed by atoms with Crippen LogP contribution in [0.2, 0.25) is 6.32 Å². The number of nitrogens with zero attached hydrogens (tertiary/aromatic N) is 1. The molecule has 136 valence electrons. The minimum atomic E-state index is -1.31. The predicted octanol–water partition coefficient (Wildman–Crippen LogP) is 0.344. The molecule has 2 rings (SSSR count). The van der Waals surface area contributed by atoms with Crippen molar-refractivity contribution in [1.29, 1.82) is 0 Å². The Morgan fingerprint density at radius 1 is 1.36 bits per heavy atom. The number of likely N-dealkylation sites (N-methyl/N-ethyl adjacent to an activating group) is 1. The van der Waals surface area contributed by atoms with Crippen molar-refractivity contribution in [2.75, 3.05) is 20.1 Å². The zero-order chi connectivity index (χ0) is 18.2. The lowest BCUT2D eigenvalue weighted by Gasteiger charge is -2.23. The summed E-state index contributed by atoms with van der Waals surface area (Å²) in [7, 11) is 0.465. The Morgan fingerprint density at radius 3 is 2.68 bits per heavy atom. The lowest BCUT2D eigenvalue weighted by molar-refractivity contribution is -0.132. The maximum atomic E-state index is 12.8. The summed E-state index contributed by atoms with van der Waals surface area (Å²) in [6.07, 6.45) is 3.18. The molecule has 3 unspecified atom stereocenters. The van der Waals surface area contributed by atoms with Crippen molar-refractivity contribution in [3.05, 3.63) is 35.9 Å². The fraction of sp³-hybridized carbons (Fsp3) is 0.556. The van der Waals surface area contributed by atoms with Gasteiger partial charge in [-0.2, -0.15) is 0 Å². The molecule has 0 bridgehead atoms. The van der Waals surface area contributed by atoms with E-state index in [9.17, 15) is 9.59 Å². The van der Waals surface area contributed by atoms with Crippen LogP contribution in [-0.2, 0) is 16.0 Å². The average Bonchev–Trinajstić information content (AvgIpc) is 3.03. The Kier molecular flexibility index (Phi) is 7.62. The number of benzene rings is 1. The number of nitrogens with one attached hydrogen (secondary N) is 1. The number of hydrogen-bond acceptors (Lipinski definition) is 5. The lowest BCUT2D eigenvalue weighted by atomic mass is 9.81. The van der Waals surface area contributed by atoms with Crippen molar-refractivity contribution < 1.29 is 19.6 Å². The van der Waals surface area contributed by atoms with Crippen LogP contribution in [0.3, 0.4) is 0 Å². The summed E-state index contributed by atoms with van der Waals surface area (Å²) in [6.45, 7) is 0.998. The number of carbonyl (C=O) groups excluding carboxylic acids is 2. The number of likely N-dealkylation sites (tertiary alicyclic amines) is 1. The van der Waals surface area contributed by atoms with Gasteiger partial charge in [0.2, 0.25) is 5.91 Å². The molecule has 1 aliphatic rings. The fourth-order valence-corrected chi connectivity index (χ4v) is 3.48. The van der Waals surface area contributed by atoms with Crippen LogP contribution in [0.25, 0.3) is 0 Å². The molecule has 1 amide bonds. The summed E-state index contributed by atoms with van der Waals surface area (Å²) in [5, 5.41) is 21.0. The van der Waals surface area contributed by atoms with Crippen molar-refractivity contribution in [3.8, 4) is 0 Å². The highest BCUT2D eigenvalue weighted by Gasteiger charge is 2.36. The molecule has 1 heterocycles. The van der Waals surface area contributed by atoms with Gasteiger partial charge in [-0.15, -0.1) is 0 Å². The van der Waals surface area contributed by atoms with Crippen LogP contribution in [0.5, 0.6) is 0 Å². The van der Waals surface area contributed by atoms with Crippen molar-refractivity contribution in [2.45, 2.75) is 31.6 Å². The summed E-state index contributed by atoms with van der Waals surface area (Å²) in [4.78, 5) is 26.0. The summed E-state index contributed by atoms with van der Waals surface area (Å²) in [6, 6.07) is 9.54. The van der Waals surface area contributed by atoms with E-state index in [1.807, 2.05) is 30.3 Å². The molecule has 0 spiro atoms. The number of amides is 1. The van der Waals surface area contributed by atoms with Gasteiger partial charge in [0.25, 0.3) is 0 Å². The topological polar surface area (TPSA) is 89.9 Å². The first kappa shape index (κ1) is 19.6. The molecule has 1 fully saturated rings. The molecule has 6 nitrogen and oxygen atoms in total. The molecule has 0 aliphatic carbocycles. The third kappa shape index (κ3) is 5.66. The van der Waals surface area contributed by atoms with Gasteiger partial charge in [-0.3, -0.25) is 4.79 Å². The molecular weight excluding hydrogens is 319 g/mol. The zero-order valence-corrected chi connectivity index (χ0v) is 14.7. The SMILES string of the molecule is CNC(Cc1ccccc1)C(=O)N1CC(C=O)C(CCCB(O)O)C1. The molecule has 0 saturated carbocycles. The highest BCUT2D eigenvalue weighted by atomic mass is 16.4. The van der Waals surface area contributed by atoms with Crippen LogP contribution in [0.15, 0.2) is 30.3 Å². The second-order valence-electron chi connectivity index (χ2n) is 6.75. The van der Waals surface area contributed by atoms with Crippen LogP contribution in [0.4, 0.5) is 0 Å². The lowest BCUT2D eigenvalue weighted by Crippen LogP contribution is -2.45. The van der Waals surface area contributed by atoms with E-state index in [-0.39, 0.29) is 23.8 Å². The largest absolute Gasteiger partial charge is 0.451 e. The standard InChI is InChI=1S/C18H27BN2O4/c1-20-17(10-14-6-3-2-4-7-14)18(23)21-11-15(16(12-21)13-22)8-5-9-19(24)25/h2-4,6-7,13,15-17,20,24-25H,5,8-12H2,1H3. The van der Waals surface area contributed by atoms with Gasteiger partial charge in [-0.25, -0.2) is 0 Å². The van der Waals surface area contributed by atoms with Crippen molar-refractivity contribution >= 4 is 19.3 Å². The zero-order valence-electron chi connectivity index (χ0n) is 14.7. The van der Waals surface area contributed by atoms with E-state index in [1.54, 1.807) is 11.9 Å². The van der Waals surface area contributed by atoms with E-state index in [0.717, 1.165) is 11.8 Å². The van der Waals surface area contributed by atoms with Crippen LogP contribution >= 0.6 is 0 Å². The van der Waals surface area contributed by atoms with Crippen molar-refractivity contribution in [3.63, 3.8) is 0 Å². The van der Waals surface area contributed by atoms with Crippen molar-refractivity contribution in [2.24, 2.45) is 11.8 Å². The number of carbonyl (C=O) groups is 2. The Bertz CT molecular complexity index is 555. The molecule has 3 atom stereocenters. The minimum absolute atomic E-state index is 0.0166. The minimum Gasteiger partial charge on any atom is -0.427 e. The number of hydrogen-bond donors (Lipinski definition) is 3. The second kappa shape index (κ2) is 9.70. The van der Waals surface area contributed by atoms with Gasteiger partial charge in [-0.05, 0) is 37.7 Å². The first-order valence-corrected chi connectivity index (χ1v) is 8.86. The smallest absolute Gasteiger partial charge is 0.427 e. The van der Waals surface area contributed by atoms with Gasteiger partial charge in [0.1, 0.15) is 6.29 Å². The third-order valence-corrected chi connectivity index (χ3v) is 4.94. The maximum absolute atomic E-state index is 12.8. The van der Waals surface area contributed by atoms with Gasteiger partial charge in [-0.1, -0.05) is 36.8 Å². The monoisotopic (exact) mass is 346 g/mol. The quantitative estimate of drug-likeness (QED) is 0.443. The molecule has 1 aromatic carbocycles.